The van der Waals surface area contributed by atoms with Crippen molar-refractivity contribution in [2.24, 2.45) is 5.10 Å². The molecule has 0 bridgehead atoms. The first-order chi connectivity index (χ1) is 8.63. The van der Waals surface area contributed by atoms with E-state index in [0.29, 0.717) is 11.7 Å². The molecule has 0 spiro atoms. The SMILES string of the molecule is COC[C@H](C)NC(=S)N/N=C(/C)c1ccccc1. The van der Waals surface area contributed by atoms with Crippen LogP contribution in [0.25, 0.3) is 0 Å². The molecule has 0 heterocycles. The molecule has 0 aromatic heterocycles. The summed E-state index contributed by atoms with van der Waals surface area (Å²) in [5.41, 5.74) is 4.78. The number of rotatable bonds is 5. The highest BCUT2D eigenvalue weighted by atomic mass is 32.1. The van der Waals surface area contributed by atoms with Gasteiger partial charge in [0.15, 0.2) is 5.11 Å². The zero-order valence-electron chi connectivity index (χ0n) is 10.9. The van der Waals surface area contributed by atoms with Gasteiger partial charge in [-0.1, -0.05) is 30.3 Å². The Morgan fingerprint density at radius 3 is 2.67 bits per heavy atom. The van der Waals surface area contributed by atoms with Gasteiger partial charge in [-0.2, -0.15) is 5.10 Å². The molecule has 0 fully saturated rings. The van der Waals surface area contributed by atoms with Crippen LogP contribution in [0.3, 0.4) is 0 Å². The van der Waals surface area contributed by atoms with Gasteiger partial charge in [0, 0.05) is 13.2 Å². The van der Waals surface area contributed by atoms with Gasteiger partial charge < -0.3 is 10.1 Å². The fourth-order valence-electron chi connectivity index (χ4n) is 1.43. The van der Waals surface area contributed by atoms with Crippen LogP contribution < -0.4 is 10.7 Å². The fraction of sp³-hybridized carbons (Fsp3) is 0.385. The van der Waals surface area contributed by atoms with Crippen molar-refractivity contribution in [1.82, 2.24) is 10.7 Å². The molecule has 0 aliphatic rings. The predicted molar refractivity (Wildman–Crippen MR) is 78.9 cm³/mol. The Hall–Kier alpha value is -1.46. The molecule has 0 saturated carbocycles. The summed E-state index contributed by atoms with van der Waals surface area (Å²) in [6, 6.07) is 10.1. The van der Waals surface area contributed by atoms with E-state index >= 15 is 0 Å². The molecule has 0 saturated heterocycles. The van der Waals surface area contributed by atoms with Crippen molar-refractivity contribution in [3.8, 4) is 0 Å². The van der Waals surface area contributed by atoms with Crippen LogP contribution in [0.5, 0.6) is 0 Å². The number of nitrogens with one attached hydrogen (secondary N) is 2. The van der Waals surface area contributed by atoms with E-state index in [1.54, 1.807) is 7.11 Å². The third kappa shape index (κ3) is 5.25. The zero-order chi connectivity index (χ0) is 13.4. The summed E-state index contributed by atoms with van der Waals surface area (Å²) >= 11 is 5.13. The molecule has 1 rings (SSSR count). The Morgan fingerprint density at radius 1 is 1.39 bits per heavy atom. The van der Waals surface area contributed by atoms with Crippen LogP contribution >= 0.6 is 12.2 Å². The highest BCUT2D eigenvalue weighted by molar-refractivity contribution is 7.80. The smallest absolute Gasteiger partial charge is 0.187 e. The third-order valence-electron chi connectivity index (χ3n) is 2.31. The van der Waals surface area contributed by atoms with Crippen LogP contribution in [0.1, 0.15) is 19.4 Å². The normalized spacial score (nSPS) is 12.9. The van der Waals surface area contributed by atoms with Crippen LogP contribution in [-0.2, 0) is 4.74 Å². The van der Waals surface area contributed by atoms with E-state index in [9.17, 15) is 0 Å². The van der Waals surface area contributed by atoms with Gasteiger partial charge in [-0.3, -0.25) is 5.43 Å². The number of methoxy groups -OCH3 is 1. The zero-order valence-corrected chi connectivity index (χ0v) is 11.8. The maximum Gasteiger partial charge on any atom is 0.187 e. The van der Waals surface area contributed by atoms with Crippen molar-refractivity contribution in [3.63, 3.8) is 0 Å². The summed E-state index contributed by atoms with van der Waals surface area (Å²) in [4.78, 5) is 0. The molecule has 5 heteroatoms. The minimum atomic E-state index is 0.155. The highest BCUT2D eigenvalue weighted by Crippen LogP contribution is 1.99. The van der Waals surface area contributed by atoms with Crippen molar-refractivity contribution in [2.45, 2.75) is 19.9 Å². The van der Waals surface area contributed by atoms with E-state index in [0.717, 1.165) is 11.3 Å². The molecule has 0 aliphatic heterocycles. The molecule has 2 N–H and O–H groups in total. The number of hydrogen-bond acceptors (Lipinski definition) is 3. The Morgan fingerprint density at radius 2 is 2.06 bits per heavy atom. The molecular formula is C13H19N3OS. The first-order valence-electron chi connectivity index (χ1n) is 5.78. The predicted octanol–water partition coefficient (Wildman–Crippen LogP) is 1.91. The summed E-state index contributed by atoms with van der Waals surface area (Å²) < 4.78 is 5.01. The summed E-state index contributed by atoms with van der Waals surface area (Å²) in [6.07, 6.45) is 0. The Kier molecular flexibility index (Phi) is 6.32. The molecule has 0 amide bonds. The van der Waals surface area contributed by atoms with Gasteiger partial charge in [-0.15, -0.1) is 0 Å². The summed E-state index contributed by atoms with van der Waals surface area (Å²) in [6.45, 7) is 4.53. The molecule has 1 aromatic rings. The minimum absolute atomic E-state index is 0.155. The Balaban J connectivity index is 2.46. The summed E-state index contributed by atoms with van der Waals surface area (Å²) in [5, 5.41) is 7.80. The molecule has 0 aliphatic carbocycles. The number of ether oxygens (including phenoxy) is 1. The van der Waals surface area contributed by atoms with E-state index in [4.69, 9.17) is 17.0 Å². The van der Waals surface area contributed by atoms with Gasteiger partial charge in [0.2, 0.25) is 0 Å². The second-order valence-electron chi connectivity index (χ2n) is 4.00. The lowest BCUT2D eigenvalue weighted by Gasteiger charge is -2.14. The maximum absolute atomic E-state index is 5.13. The van der Waals surface area contributed by atoms with E-state index in [-0.39, 0.29) is 6.04 Å². The Bertz CT molecular complexity index is 406. The number of hydrazone groups is 1. The average Bonchev–Trinajstić information content (AvgIpc) is 2.37. The molecule has 1 aromatic carbocycles. The van der Waals surface area contributed by atoms with Crippen LogP contribution in [-0.4, -0.2) is 30.6 Å². The minimum Gasteiger partial charge on any atom is -0.383 e. The molecule has 4 nitrogen and oxygen atoms in total. The number of nitrogens with zero attached hydrogens (tertiary/aromatic N) is 1. The van der Waals surface area contributed by atoms with Crippen LogP contribution in [0.2, 0.25) is 0 Å². The molecular weight excluding hydrogens is 246 g/mol. The number of hydrogen-bond donors (Lipinski definition) is 2. The lowest BCUT2D eigenvalue weighted by molar-refractivity contribution is 0.179. The Labute approximate surface area is 113 Å². The molecule has 0 unspecified atom stereocenters. The quantitative estimate of drug-likeness (QED) is 0.485. The first kappa shape index (κ1) is 14.6. The van der Waals surface area contributed by atoms with E-state index in [1.165, 1.54) is 0 Å². The average molecular weight is 265 g/mol. The van der Waals surface area contributed by atoms with E-state index < -0.39 is 0 Å². The van der Waals surface area contributed by atoms with Crippen LogP contribution in [0.15, 0.2) is 35.4 Å². The number of benzene rings is 1. The van der Waals surface area contributed by atoms with Crippen LogP contribution in [0.4, 0.5) is 0 Å². The lowest BCUT2D eigenvalue weighted by Crippen LogP contribution is -2.40. The topological polar surface area (TPSA) is 45.6 Å². The standard InChI is InChI=1S/C13H19N3OS/c1-10(9-17-3)14-13(18)16-15-11(2)12-7-5-4-6-8-12/h4-8,10H,9H2,1-3H3,(H2,14,16,18)/b15-11-/t10-/m0/s1. The van der Waals surface area contributed by atoms with Gasteiger partial charge in [0.1, 0.15) is 0 Å². The van der Waals surface area contributed by atoms with Gasteiger partial charge in [-0.25, -0.2) is 0 Å². The van der Waals surface area contributed by atoms with Crippen molar-refractivity contribution < 1.29 is 4.74 Å². The monoisotopic (exact) mass is 265 g/mol. The second kappa shape index (κ2) is 7.79. The molecule has 0 radical (unpaired) electrons. The second-order valence-corrected chi connectivity index (χ2v) is 4.41. The first-order valence-corrected chi connectivity index (χ1v) is 6.19. The summed E-state index contributed by atoms with van der Waals surface area (Å²) in [5.74, 6) is 0. The van der Waals surface area contributed by atoms with Crippen molar-refractivity contribution in [1.29, 1.82) is 0 Å². The summed E-state index contributed by atoms with van der Waals surface area (Å²) in [7, 11) is 1.66. The van der Waals surface area contributed by atoms with Gasteiger partial charge in [-0.05, 0) is 31.6 Å². The van der Waals surface area contributed by atoms with E-state index in [2.05, 4.69) is 15.8 Å². The van der Waals surface area contributed by atoms with Gasteiger partial charge >= 0.3 is 0 Å². The van der Waals surface area contributed by atoms with Crippen molar-refractivity contribution >= 4 is 23.0 Å². The fourth-order valence-corrected chi connectivity index (χ4v) is 1.67. The third-order valence-corrected chi connectivity index (χ3v) is 2.52. The van der Waals surface area contributed by atoms with E-state index in [1.807, 2.05) is 44.2 Å². The lowest BCUT2D eigenvalue weighted by atomic mass is 10.1. The molecule has 98 valence electrons. The largest absolute Gasteiger partial charge is 0.383 e. The van der Waals surface area contributed by atoms with Crippen molar-refractivity contribution in [2.75, 3.05) is 13.7 Å². The molecule has 18 heavy (non-hydrogen) atoms. The molecule has 1 atom stereocenters. The van der Waals surface area contributed by atoms with Crippen molar-refractivity contribution in [3.05, 3.63) is 35.9 Å². The highest BCUT2D eigenvalue weighted by Gasteiger charge is 2.02. The van der Waals surface area contributed by atoms with Crippen LogP contribution in [0, 0.1) is 0 Å². The van der Waals surface area contributed by atoms with Gasteiger partial charge in [0.25, 0.3) is 0 Å². The van der Waals surface area contributed by atoms with Gasteiger partial charge in [0.05, 0.1) is 12.3 Å². The number of thiocarbonyl (C=S) groups is 1. The maximum atomic E-state index is 5.13.